The van der Waals surface area contributed by atoms with Crippen LogP contribution < -0.4 is 4.74 Å². The maximum absolute atomic E-state index is 11.6. The van der Waals surface area contributed by atoms with Crippen LogP contribution in [0.25, 0.3) is 0 Å². The van der Waals surface area contributed by atoms with E-state index in [1.165, 1.54) is 0 Å². The number of aliphatic hydroxyl groups is 1. The van der Waals surface area contributed by atoms with Crippen LogP contribution in [-0.4, -0.2) is 23.2 Å². The zero-order valence-electron chi connectivity index (χ0n) is 13.3. The van der Waals surface area contributed by atoms with Gasteiger partial charge in [0.1, 0.15) is 18.0 Å². The Morgan fingerprint density at radius 3 is 2.32 bits per heavy atom. The molecule has 1 aliphatic rings. The number of fused-ring (bicyclic) bond motifs is 2. The number of aliphatic hydroxyl groups excluding tert-OH is 1. The van der Waals surface area contributed by atoms with Gasteiger partial charge in [-0.25, -0.2) is 4.99 Å². The Morgan fingerprint density at radius 1 is 0.880 bits per heavy atom. The van der Waals surface area contributed by atoms with Crippen LogP contribution in [0.1, 0.15) is 21.5 Å². The van der Waals surface area contributed by atoms with Gasteiger partial charge < -0.3 is 9.84 Å². The summed E-state index contributed by atoms with van der Waals surface area (Å²) in [5.74, 6) is 1.14. The quantitative estimate of drug-likeness (QED) is 0.575. The Labute approximate surface area is 145 Å². The Balaban J connectivity index is 1.87. The Morgan fingerprint density at radius 2 is 1.56 bits per heavy atom. The Hall–Kier alpha value is -3.24. The smallest absolute Gasteiger partial charge is 0.188 e. The number of benzene rings is 3. The fourth-order valence-electron chi connectivity index (χ4n) is 2.81. The zero-order chi connectivity index (χ0) is 17.2. The van der Waals surface area contributed by atoms with Gasteiger partial charge in [0.05, 0.1) is 5.71 Å². The highest BCUT2D eigenvalue weighted by molar-refractivity contribution is 6.16. The van der Waals surface area contributed by atoms with Crippen LogP contribution in [-0.2, 0) is 0 Å². The van der Waals surface area contributed by atoms with E-state index in [1.807, 2.05) is 60.7 Å². The first-order valence-electron chi connectivity index (χ1n) is 7.96. The minimum atomic E-state index is -0.496. The lowest BCUT2D eigenvalue weighted by Gasteiger charge is -2.10. The summed E-state index contributed by atoms with van der Waals surface area (Å²) >= 11 is 0. The first-order chi connectivity index (χ1) is 12.3. The van der Waals surface area contributed by atoms with Crippen molar-refractivity contribution in [3.63, 3.8) is 0 Å². The van der Waals surface area contributed by atoms with Crippen molar-refractivity contribution in [1.29, 1.82) is 0 Å². The Kier molecular flexibility index (Phi) is 3.88. The number of ether oxygens (including phenoxy) is 1. The number of carbonyl (C=O) groups is 1. The number of rotatable bonds is 3. The molecule has 1 N–H and O–H groups in total. The molecular weight excluding hydrogens is 314 g/mol. The predicted octanol–water partition coefficient (Wildman–Crippen LogP) is 4.14. The summed E-state index contributed by atoms with van der Waals surface area (Å²) in [6.07, 6.45) is 0. The molecule has 0 bridgehead atoms. The molecule has 0 aromatic heterocycles. The van der Waals surface area contributed by atoms with E-state index < -0.39 is 6.61 Å². The van der Waals surface area contributed by atoms with Gasteiger partial charge in [-0.1, -0.05) is 48.5 Å². The van der Waals surface area contributed by atoms with E-state index in [4.69, 9.17) is 14.8 Å². The largest absolute Gasteiger partial charge is 0.454 e. The Bertz CT molecular complexity index is 974. The molecule has 3 aromatic rings. The van der Waals surface area contributed by atoms with Crippen molar-refractivity contribution in [2.75, 3.05) is 6.61 Å². The number of hydrogen-bond donors (Lipinski definition) is 1. The third-order valence-corrected chi connectivity index (χ3v) is 4.08. The highest BCUT2D eigenvalue weighted by Gasteiger charge is 2.19. The summed E-state index contributed by atoms with van der Waals surface area (Å²) in [7, 11) is 0. The second kappa shape index (κ2) is 6.34. The van der Waals surface area contributed by atoms with Gasteiger partial charge in [-0.05, 0) is 24.3 Å². The van der Waals surface area contributed by atoms with Crippen molar-refractivity contribution >= 4 is 17.2 Å². The molecule has 0 atom stereocenters. The van der Waals surface area contributed by atoms with Crippen LogP contribution in [0, 0.1) is 0 Å². The summed E-state index contributed by atoms with van der Waals surface area (Å²) in [5, 5.41) is 8.99. The minimum Gasteiger partial charge on any atom is -0.454 e. The molecule has 4 heteroatoms. The van der Waals surface area contributed by atoms with Crippen molar-refractivity contribution < 1.29 is 14.6 Å². The lowest BCUT2D eigenvalue weighted by molar-refractivity contribution is 0.0904. The molecule has 1 heterocycles. The van der Waals surface area contributed by atoms with E-state index in [-0.39, 0.29) is 5.78 Å². The zero-order valence-corrected chi connectivity index (χ0v) is 13.3. The first-order valence-corrected chi connectivity index (χ1v) is 7.96. The van der Waals surface area contributed by atoms with E-state index in [9.17, 15) is 4.79 Å². The van der Waals surface area contributed by atoms with Crippen molar-refractivity contribution in [3.8, 4) is 11.5 Å². The van der Waals surface area contributed by atoms with Gasteiger partial charge in [0.2, 0.25) is 0 Å². The highest BCUT2D eigenvalue weighted by Crippen LogP contribution is 2.38. The number of nitrogens with zero attached hydrogens (tertiary/aromatic N) is 1. The molecule has 3 aromatic carbocycles. The normalized spacial score (nSPS) is 12.3. The van der Waals surface area contributed by atoms with Gasteiger partial charge in [-0.15, -0.1) is 0 Å². The van der Waals surface area contributed by atoms with E-state index in [0.29, 0.717) is 11.3 Å². The molecule has 0 unspecified atom stereocenters. The van der Waals surface area contributed by atoms with E-state index in [1.54, 1.807) is 12.1 Å². The molecule has 0 fully saturated rings. The minimum absolute atomic E-state index is 0.302. The summed E-state index contributed by atoms with van der Waals surface area (Å²) in [6.45, 7) is -0.496. The van der Waals surface area contributed by atoms with Crippen LogP contribution >= 0.6 is 0 Å². The summed E-state index contributed by atoms with van der Waals surface area (Å²) in [4.78, 5) is 16.4. The molecule has 0 spiro atoms. The van der Waals surface area contributed by atoms with E-state index in [2.05, 4.69) is 0 Å². The molecule has 0 radical (unpaired) electrons. The molecule has 0 aliphatic carbocycles. The van der Waals surface area contributed by atoms with Crippen molar-refractivity contribution in [2.45, 2.75) is 0 Å². The van der Waals surface area contributed by atoms with Gasteiger partial charge in [-0.2, -0.15) is 0 Å². The van der Waals surface area contributed by atoms with Crippen LogP contribution in [0.4, 0.5) is 5.69 Å². The number of para-hydroxylation sites is 3. The highest BCUT2D eigenvalue weighted by atomic mass is 16.5. The maximum atomic E-state index is 11.6. The van der Waals surface area contributed by atoms with Gasteiger partial charge in [0, 0.05) is 16.7 Å². The van der Waals surface area contributed by atoms with Gasteiger partial charge in [-0.3, -0.25) is 4.79 Å². The second-order valence-electron chi connectivity index (χ2n) is 5.68. The molecule has 4 rings (SSSR count). The van der Waals surface area contributed by atoms with Gasteiger partial charge in [0.25, 0.3) is 0 Å². The molecule has 0 saturated heterocycles. The van der Waals surface area contributed by atoms with Crippen LogP contribution in [0.15, 0.2) is 77.8 Å². The maximum Gasteiger partial charge on any atom is 0.188 e. The molecule has 0 amide bonds. The summed E-state index contributed by atoms with van der Waals surface area (Å²) in [6, 6.07) is 22.5. The number of ketones is 1. The lowest BCUT2D eigenvalue weighted by atomic mass is 9.99. The van der Waals surface area contributed by atoms with Gasteiger partial charge >= 0.3 is 0 Å². The molecular formula is C21H15NO3. The topological polar surface area (TPSA) is 58.9 Å². The molecule has 1 aliphatic heterocycles. The number of hydrogen-bond acceptors (Lipinski definition) is 4. The van der Waals surface area contributed by atoms with E-state index >= 15 is 0 Å². The van der Waals surface area contributed by atoms with Crippen LogP contribution in [0.2, 0.25) is 0 Å². The molecule has 4 nitrogen and oxygen atoms in total. The molecule has 0 saturated carbocycles. The van der Waals surface area contributed by atoms with Crippen molar-refractivity contribution in [3.05, 3.63) is 89.5 Å². The van der Waals surface area contributed by atoms with Gasteiger partial charge in [0.15, 0.2) is 11.5 Å². The third kappa shape index (κ3) is 2.84. The summed E-state index contributed by atoms with van der Waals surface area (Å²) in [5.41, 5.74) is 3.78. The fourth-order valence-corrected chi connectivity index (χ4v) is 2.81. The van der Waals surface area contributed by atoms with Crippen LogP contribution in [0.5, 0.6) is 11.5 Å². The van der Waals surface area contributed by atoms with Crippen molar-refractivity contribution in [1.82, 2.24) is 0 Å². The average Bonchev–Trinajstić information content (AvgIpc) is 2.84. The monoisotopic (exact) mass is 329 g/mol. The second-order valence-corrected chi connectivity index (χ2v) is 5.68. The average molecular weight is 329 g/mol. The standard InChI is InChI=1S/C21H15NO3/c23-13-18(24)14-9-11-15(12-10-14)21-16-5-1-3-7-19(16)25-20-8-4-2-6-17(20)22-21/h1-12,23H,13H2. The third-order valence-electron chi connectivity index (χ3n) is 4.08. The predicted molar refractivity (Wildman–Crippen MR) is 96.1 cm³/mol. The molecule has 122 valence electrons. The lowest BCUT2D eigenvalue weighted by Crippen LogP contribution is -2.07. The number of Topliss-reactive ketones (excluding diaryl/α,β-unsaturated/α-hetero) is 1. The summed E-state index contributed by atoms with van der Waals surface area (Å²) < 4.78 is 6.03. The number of carbonyl (C=O) groups excluding carboxylic acids is 1. The first kappa shape index (κ1) is 15.3. The fraction of sp³-hybridized carbons (Fsp3) is 0.0476. The SMILES string of the molecule is O=C(CO)c1ccc(C2=Nc3ccccc3Oc3ccccc32)cc1. The van der Waals surface area contributed by atoms with E-state index in [0.717, 1.165) is 28.3 Å². The molecule has 25 heavy (non-hydrogen) atoms. The van der Waals surface area contributed by atoms with Crippen LogP contribution in [0.3, 0.4) is 0 Å². The van der Waals surface area contributed by atoms with Crippen molar-refractivity contribution in [2.24, 2.45) is 4.99 Å². The number of aliphatic imine (C=N–C) groups is 1.